The number of anilines is 1. The minimum Gasteiger partial charge on any atom is -0.452 e. The maximum Gasteiger partial charge on any atom is 0.340 e. The lowest BCUT2D eigenvalue weighted by molar-refractivity contribution is -0.123. The molecule has 0 atom stereocenters. The Morgan fingerprint density at radius 2 is 2.00 bits per heavy atom. The highest BCUT2D eigenvalue weighted by molar-refractivity contribution is 5.98. The third-order valence-electron chi connectivity index (χ3n) is 2.83. The van der Waals surface area contributed by atoms with Crippen LogP contribution in [-0.4, -0.2) is 31.1 Å². The number of benzene rings is 1. The molecule has 0 aliphatic heterocycles. The van der Waals surface area contributed by atoms with Crippen molar-refractivity contribution in [2.45, 2.75) is 20.3 Å². The van der Waals surface area contributed by atoms with Gasteiger partial charge in [-0.3, -0.25) is 10.1 Å². The zero-order valence-corrected chi connectivity index (χ0v) is 13.0. The van der Waals surface area contributed by atoms with Crippen LogP contribution < -0.4 is 16.4 Å². The van der Waals surface area contributed by atoms with Gasteiger partial charge in [-0.05, 0) is 30.5 Å². The van der Waals surface area contributed by atoms with Crippen molar-refractivity contribution in [3.8, 4) is 0 Å². The molecule has 23 heavy (non-hydrogen) atoms. The van der Waals surface area contributed by atoms with Gasteiger partial charge in [0.1, 0.15) is 5.82 Å². The van der Waals surface area contributed by atoms with Crippen LogP contribution in [-0.2, 0) is 9.53 Å². The van der Waals surface area contributed by atoms with Gasteiger partial charge in [-0.25, -0.2) is 14.0 Å². The predicted octanol–water partition coefficient (Wildman–Crippen LogP) is 1.44. The lowest BCUT2D eigenvalue weighted by Crippen LogP contribution is -2.42. The molecule has 1 aromatic carbocycles. The van der Waals surface area contributed by atoms with Crippen LogP contribution in [0.4, 0.5) is 14.9 Å². The number of esters is 1. The number of amides is 3. The van der Waals surface area contributed by atoms with Crippen LogP contribution in [0.5, 0.6) is 0 Å². The summed E-state index contributed by atoms with van der Waals surface area (Å²) in [5, 5.41) is 4.53. The van der Waals surface area contributed by atoms with E-state index in [2.05, 4.69) is 5.32 Å². The molecule has 0 aliphatic rings. The standard InChI is InChI=1S/C15H20FN3O4/c1-9(2)5-6-18-15(22)19-13(20)8-23-14(21)11-4-3-10(16)7-12(11)17/h3-4,7,9H,5-6,8,17H2,1-2H3,(H2,18,19,20,22). The fourth-order valence-corrected chi connectivity index (χ4v) is 1.61. The molecule has 0 bridgehead atoms. The Labute approximate surface area is 133 Å². The summed E-state index contributed by atoms with van der Waals surface area (Å²) in [6, 6.07) is 2.52. The first-order valence-corrected chi connectivity index (χ1v) is 7.09. The summed E-state index contributed by atoms with van der Waals surface area (Å²) in [5.74, 6) is -1.82. The van der Waals surface area contributed by atoms with Crippen LogP contribution in [0.2, 0.25) is 0 Å². The molecular formula is C15H20FN3O4. The van der Waals surface area contributed by atoms with E-state index in [9.17, 15) is 18.8 Å². The van der Waals surface area contributed by atoms with Crippen molar-refractivity contribution in [2.75, 3.05) is 18.9 Å². The summed E-state index contributed by atoms with van der Waals surface area (Å²) in [4.78, 5) is 34.6. The maximum atomic E-state index is 12.9. The number of ether oxygens (including phenoxy) is 1. The monoisotopic (exact) mass is 325 g/mol. The van der Waals surface area contributed by atoms with Gasteiger partial charge in [0.2, 0.25) is 0 Å². The van der Waals surface area contributed by atoms with Gasteiger partial charge in [0, 0.05) is 12.2 Å². The van der Waals surface area contributed by atoms with Crippen molar-refractivity contribution in [3.63, 3.8) is 0 Å². The number of hydrogen-bond donors (Lipinski definition) is 3. The second-order valence-electron chi connectivity index (χ2n) is 5.29. The zero-order chi connectivity index (χ0) is 17.4. The van der Waals surface area contributed by atoms with Gasteiger partial charge in [-0.15, -0.1) is 0 Å². The first kappa shape index (κ1) is 18.4. The number of imide groups is 1. The van der Waals surface area contributed by atoms with E-state index in [1.165, 1.54) is 0 Å². The molecule has 1 rings (SSSR count). The Morgan fingerprint density at radius 3 is 2.61 bits per heavy atom. The summed E-state index contributed by atoms with van der Waals surface area (Å²) in [7, 11) is 0. The van der Waals surface area contributed by atoms with E-state index < -0.39 is 30.3 Å². The van der Waals surface area contributed by atoms with E-state index in [0.717, 1.165) is 24.6 Å². The zero-order valence-electron chi connectivity index (χ0n) is 13.0. The highest BCUT2D eigenvalue weighted by Gasteiger charge is 2.15. The second kappa shape index (κ2) is 8.72. The van der Waals surface area contributed by atoms with Gasteiger partial charge in [0.15, 0.2) is 6.61 Å². The minimum absolute atomic E-state index is 0.0550. The van der Waals surface area contributed by atoms with Crippen molar-refractivity contribution in [1.29, 1.82) is 0 Å². The molecule has 0 aromatic heterocycles. The van der Waals surface area contributed by atoms with Crippen molar-refractivity contribution in [2.24, 2.45) is 5.92 Å². The maximum absolute atomic E-state index is 12.9. The van der Waals surface area contributed by atoms with Crippen molar-refractivity contribution in [3.05, 3.63) is 29.6 Å². The highest BCUT2D eigenvalue weighted by Crippen LogP contribution is 2.14. The van der Waals surface area contributed by atoms with E-state index in [-0.39, 0.29) is 11.3 Å². The minimum atomic E-state index is -0.877. The van der Waals surface area contributed by atoms with Crippen molar-refractivity contribution < 1.29 is 23.5 Å². The highest BCUT2D eigenvalue weighted by atomic mass is 19.1. The number of hydrogen-bond acceptors (Lipinski definition) is 5. The van der Waals surface area contributed by atoms with Crippen LogP contribution in [0, 0.1) is 11.7 Å². The first-order valence-electron chi connectivity index (χ1n) is 7.09. The van der Waals surface area contributed by atoms with E-state index >= 15 is 0 Å². The molecule has 3 amide bonds. The van der Waals surface area contributed by atoms with Crippen LogP contribution in [0.25, 0.3) is 0 Å². The Kier molecular flexibility index (Phi) is 6.98. The molecule has 0 saturated carbocycles. The van der Waals surface area contributed by atoms with Crippen molar-refractivity contribution >= 4 is 23.6 Å². The number of carbonyl (C=O) groups is 3. The molecule has 0 aliphatic carbocycles. The van der Waals surface area contributed by atoms with Crippen LogP contribution in [0.3, 0.4) is 0 Å². The Bertz CT molecular complexity index is 590. The Balaban J connectivity index is 2.38. The average molecular weight is 325 g/mol. The fraction of sp³-hybridized carbons (Fsp3) is 0.400. The summed E-state index contributed by atoms with van der Waals surface area (Å²) in [6.45, 7) is 3.80. The summed E-state index contributed by atoms with van der Waals surface area (Å²) in [5.41, 5.74) is 5.33. The predicted molar refractivity (Wildman–Crippen MR) is 82.1 cm³/mol. The molecule has 0 saturated heterocycles. The second-order valence-corrected chi connectivity index (χ2v) is 5.29. The summed E-state index contributed by atoms with van der Waals surface area (Å²) in [6.07, 6.45) is 0.778. The third-order valence-corrected chi connectivity index (χ3v) is 2.83. The number of rotatable bonds is 6. The van der Waals surface area contributed by atoms with E-state index in [1.807, 2.05) is 19.2 Å². The smallest absolute Gasteiger partial charge is 0.340 e. The molecule has 8 heteroatoms. The van der Waals surface area contributed by atoms with Gasteiger partial charge in [0.25, 0.3) is 5.91 Å². The lowest BCUT2D eigenvalue weighted by atomic mass is 10.1. The molecule has 4 N–H and O–H groups in total. The largest absolute Gasteiger partial charge is 0.452 e. The molecule has 0 radical (unpaired) electrons. The van der Waals surface area contributed by atoms with Gasteiger partial charge in [-0.1, -0.05) is 13.8 Å². The van der Waals surface area contributed by atoms with Gasteiger partial charge < -0.3 is 15.8 Å². The average Bonchev–Trinajstić information content (AvgIpc) is 2.44. The van der Waals surface area contributed by atoms with Crippen LogP contribution in [0.1, 0.15) is 30.6 Å². The number of carbonyl (C=O) groups excluding carboxylic acids is 3. The molecule has 0 heterocycles. The fourth-order valence-electron chi connectivity index (χ4n) is 1.61. The first-order chi connectivity index (χ1) is 10.8. The third kappa shape index (κ3) is 6.77. The topological polar surface area (TPSA) is 111 Å². The molecule has 0 fully saturated rings. The molecule has 7 nitrogen and oxygen atoms in total. The van der Waals surface area contributed by atoms with E-state index in [0.29, 0.717) is 12.5 Å². The molecule has 1 aromatic rings. The molecule has 126 valence electrons. The number of nitrogens with two attached hydrogens (primary N) is 1. The van der Waals surface area contributed by atoms with Gasteiger partial charge >= 0.3 is 12.0 Å². The summed E-state index contributed by atoms with van der Waals surface area (Å²) < 4.78 is 17.6. The molecular weight excluding hydrogens is 305 g/mol. The molecule has 0 unspecified atom stereocenters. The number of urea groups is 1. The lowest BCUT2D eigenvalue weighted by Gasteiger charge is -2.09. The number of halogens is 1. The van der Waals surface area contributed by atoms with Crippen LogP contribution >= 0.6 is 0 Å². The SMILES string of the molecule is CC(C)CCNC(=O)NC(=O)COC(=O)c1ccc(F)cc1N. The molecule has 0 spiro atoms. The normalized spacial score (nSPS) is 10.3. The Hall–Kier alpha value is -2.64. The van der Waals surface area contributed by atoms with E-state index in [4.69, 9.17) is 10.5 Å². The van der Waals surface area contributed by atoms with Gasteiger partial charge in [-0.2, -0.15) is 0 Å². The van der Waals surface area contributed by atoms with E-state index in [1.54, 1.807) is 0 Å². The van der Waals surface area contributed by atoms with Gasteiger partial charge in [0.05, 0.1) is 5.56 Å². The quantitative estimate of drug-likeness (QED) is 0.541. The summed E-state index contributed by atoms with van der Waals surface area (Å²) >= 11 is 0. The number of nitrogen functional groups attached to an aromatic ring is 1. The van der Waals surface area contributed by atoms with Crippen molar-refractivity contribution in [1.82, 2.24) is 10.6 Å². The van der Waals surface area contributed by atoms with Crippen LogP contribution in [0.15, 0.2) is 18.2 Å². The number of nitrogens with one attached hydrogen (secondary N) is 2. The Morgan fingerprint density at radius 1 is 1.30 bits per heavy atom.